The van der Waals surface area contributed by atoms with E-state index in [1.807, 2.05) is 30.0 Å². The molecule has 2 aromatic rings. The number of thioether (sulfide) groups is 1. The van der Waals surface area contributed by atoms with Gasteiger partial charge in [-0.15, -0.1) is 11.8 Å². The molecule has 112 valence electrons. The minimum Gasteiger partial charge on any atom is -0.310 e. The van der Waals surface area contributed by atoms with Gasteiger partial charge >= 0.3 is 0 Å². The van der Waals surface area contributed by atoms with E-state index in [4.69, 9.17) is 11.6 Å². The summed E-state index contributed by atoms with van der Waals surface area (Å²) in [6.45, 7) is 7.39. The van der Waals surface area contributed by atoms with Gasteiger partial charge in [-0.3, -0.25) is 0 Å². The highest BCUT2D eigenvalue weighted by molar-refractivity contribution is 7.98. The van der Waals surface area contributed by atoms with Crippen molar-refractivity contribution in [3.8, 4) is 0 Å². The molecule has 0 amide bonds. The SMILES string of the molecule is Cc1ccc(SCc2ccccc2Cl)c(CNC(C)C)c1. The van der Waals surface area contributed by atoms with E-state index in [1.165, 1.54) is 21.6 Å². The lowest BCUT2D eigenvalue weighted by atomic mass is 10.1. The molecular formula is C18H22ClNS. The molecule has 0 radical (unpaired) electrons. The Morgan fingerprint density at radius 3 is 2.57 bits per heavy atom. The van der Waals surface area contributed by atoms with Crippen LogP contribution >= 0.6 is 23.4 Å². The van der Waals surface area contributed by atoms with Gasteiger partial charge < -0.3 is 5.32 Å². The lowest BCUT2D eigenvalue weighted by molar-refractivity contribution is 0.584. The number of benzene rings is 2. The third-order valence-corrected chi connectivity index (χ3v) is 4.79. The van der Waals surface area contributed by atoms with E-state index in [1.54, 1.807) is 0 Å². The van der Waals surface area contributed by atoms with Crippen LogP contribution in [0.1, 0.15) is 30.5 Å². The molecule has 0 spiro atoms. The Balaban J connectivity index is 2.10. The van der Waals surface area contributed by atoms with Crippen LogP contribution in [-0.2, 0) is 12.3 Å². The van der Waals surface area contributed by atoms with Crippen LogP contribution in [0.2, 0.25) is 5.02 Å². The lowest BCUT2D eigenvalue weighted by Gasteiger charge is -2.13. The number of hydrogen-bond donors (Lipinski definition) is 1. The second kappa shape index (κ2) is 7.88. The number of aryl methyl sites for hydroxylation is 1. The number of nitrogens with one attached hydrogen (secondary N) is 1. The minimum absolute atomic E-state index is 0.493. The van der Waals surface area contributed by atoms with Gasteiger partial charge in [-0.1, -0.05) is 61.3 Å². The summed E-state index contributed by atoms with van der Waals surface area (Å²) in [5.41, 5.74) is 3.85. The minimum atomic E-state index is 0.493. The highest BCUT2D eigenvalue weighted by Gasteiger charge is 2.06. The van der Waals surface area contributed by atoms with Gasteiger partial charge in [0.15, 0.2) is 0 Å². The zero-order valence-corrected chi connectivity index (χ0v) is 14.4. The lowest BCUT2D eigenvalue weighted by Crippen LogP contribution is -2.22. The summed E-state index contributed by atoms with van der Waals surface area (Å²) < 4.78 is 0. The van der Waals surface area contributed by atoms with E-state index in [2.05, 4.69) is 50.4 Å². The maximum absolute atomic E-state index is 6.23. The topological polar surface area (TPSA) is 12.0 Å². The molecule has 0 aliphatic heterocycles. The molecule has 0 aliphatic rings. The summed E-state index contributed by atoms with van der Waals surface area (Å²) in [4.78, 5) is 1.33. The van der Waals surface area contributed by atoms with Crippen molar-refractivity contribution in [2.24, 2.45) is 0 Å². The maximum Gasteiger partial charge on any atom is 0.0446 e. The fourth-order valence-electron chi connectivity index (χ4n) is 2.07. The molecule has 0 fully saturated rings. The van der Waals surface area contributed by atoms with Crippen molar-refractivity contribution in [2.45, 2.75) is 44.0 Å². The van der Waals surface area contributed by atoms with Gasteiger partial charge in [-0.05, 0) is 30.2 Å². The Labute approximate surface area is 137 Å². The molecule has 21 heavy (non-hydrogen) atoms. The Hall–Kier alpha value is -0.960. The van der Waals surface area contributed by atoms with Crippen molar-refractivity contribution in [3.05, 3.63) is 64.2 Å². The third kappa shape index (κ3) is 5.06. The first-order valence-electron chi connectivity index (χ1n) is 7.25. The zero-order chi connectivity index (χ0) is 15.2. The van der Waals surface area contributed by atoms with Crippen LogP contribution in [0.3, 0.4) is 0 Å². The largest absolute Gasteiger partial charge is 0.310 e. The molecule has 3 heteroatoms. The standard InChI is InChI=1S/C18H22ClNS/c1-13(2)20-11-16-10-14(3)8-9-18(16)21-12-15-6-4-5-7-17(15)19/h4-10,13,20H,11-12H2,1-3H3. The number of halogens is 1. The molecular weight excluding hydrogens is 298 g/mol. The van der Waals surface area contributed by atoms with Crippen LogP contribution in [0.5, 0.6) is 0 Å². The van der Waals surface area contributed by atoms with E-state index in [0.29, 0.717) is 6.04 Å². The van der Waals surface area contributed by atoms with Crippen molar-refractivity contribution < 1.29 is 0 Å². The summed E-state index contributed by atoms with van der Waals surface area (Å²) in [5.74, 6) is 0.900. The van der Waals surface area contributed by atoms with E-state index < -0.39 is 0 Å². The molecule has 0 aromatic heterocycles. The molecule has 0 heterocycles. The van der Waals surface area contributed by atoms with Gasteiger partial charge in [0.25, 0.3) is 0 Å². The second-order valence-corrected chi connectivity index (χ2v) is 6.95. The van der Waals surface area contributed by atoms with Gasteiger partial charge in [0.1, 0.15) is 0 Å². The van der Waals surface area contributed by atoms with Crippen LogP contribution < -0.4 is 5.32 Å². The van der Waals surface area contributed by atoms with Gasteiger partial charge in [0, 0.05) is 28.3 Å². The first kappa shape index (κ1) is 16.4. The number of rotatable bonds is 6. The van der Waals surface area contributed by atoms with Gasteiger partial charge in [0.2, 0.25) is 0 Å². The van der Waals surface area contributed by atoms with Crippen LogP contribution in [0.25, 0.3) is 0 Å². The third-order valence-electron chi connectivity index (χ3n) is 3.26. The smallest absolute Gasteiger partial charge is 0.0446 e. The van der Waals surface area contributed by atoms with Crippen molar-refractivity contribution in [2.75, 3.05) is 0 Å². The van der Waals surface area contributed by atoms with Crippen LogP contribution in [0, 0.1) is 6.92 Å². The van der Waals surface area contributed by atoms with E-state index in [-0.39, 0.29) is 0 Å². The summed E-state index contributed by atoms with van der Waals surface area (Å²) >= 11 is 8.08. The van der Waals surface area contributed by atoms with Crippen molar-refractivity contribution >= 4 is 23.4 Å². The number of hydrogen-bond acceptors (Lipinski definition) is 2. The zero-order valence-electron chi connectivity index (χ0n) is 12.8. The molecule has 0 saturated heterocycles. The van der Waals surface area contributed by atoms with Crippen LogP contribution in [0.4, 0.5) is 0 Å². The highest BCUT2D eigenvalue weighted by Crippen LogP contribution is 2.29. The van der Waals surface area contributed by atoms with Gasteiger partial charge in [-0.25, -0.2) is 0 Å². The monoisotopic (exact) mass is 319 g/mol. The first-order valence-corrected chi connectivity index (χ1v) is 8.61. The van der Waals surface area contributed by atoms with Crippen LogP contribution in [0.15, 0.2) is 47.4 Å². The maximum atomic E-state index is 6.23. The Bertz CT molecular complexity index is 596. The Morgan fingerprint density at radius 2 is 1.86 bits per heavy atom. The normalized spacial score (nSPS) is 11.1. The molecule has 0 unspecified atom stereocenters. The van der Waals surface area contributed by atoms with E-state index in [0.717, 1.165) is 17.3 Å². The van der Waals surface area contributed by atoms with Crippen molar-refractivity contribution in [1.82, 2.24) is 5.32 Å². The first-order chi connectivity index (χ1) is 10.1. The average molecular weight is 320 g/mol. The van der Waals surface area contributed by atoms with Crippen molar-refractivity contribution in [1.29, 1.82) is 0 Å². The predicted octanol–water partition coefficient (Wildman–Crippen LogP) is 5.44. The van der Waals surface area contributed by atoms with E-state index >= 15 is 0 Å². The van der Waals surface area contributed by atoms with Gasteiger partial charge in [0.05, 0.1) is 0 Å². The summed E-state index contributed by atoms with van der Waals surface area (Å²) in [7, 11) is 0. The Kier molecular flexibility index (Phi) is 6.16. The summed E-state index contributed by atoms with van der Waals surface area (Å²) in [6.07, 6.45) is 0. The molecule has 0 aliphatic carbocycles. The van der Waals surface area contributed by atoms with E-state index in [9.17, 15) is 0 Å². The molecule has 2 aromatic carbocycles. The predicted molar refractivity (Wildman–Crippen MR) is 94.2 cm³/mol. The molecule has 0 bridgehead atoms. The Morgan fingerprint density at radius 1 is 1.10 bits per heavy atom. The average Bonchev–Trinajstić information content (AvgIpc) is 2.45. The molecule has 1 N–H and O–H groups in total. The molecule has 1 nitrogen and oxygen atoms in total. The van der Waals surface area contributed by atoms with Gasteiger partial charge in [-0.2, -0.15) is 0 Å². The molecule has 0 atom stereocenters. The fraction of sp³-hybridized carbons (Fsp3) is 0.333. The summed E-state index contributed by atoms with van der Waals surface area (Å²) in [5, 5.41) is 4.35. The quantitative estimate of drug-likeness (QED) is 0.712. The van der Waals surface area contributed by atoms with Crippen molar-refractivity contribution in [3.63, 3.8) is 0 Å². The summed E-state index contributed by atoms with van der Waals surface area (Å²) in [6, 6.07) is 15.2. The highest BCUT2D eigenvalue weighted by atomic mass is 35.5. The molecule has 2 rings (SSSR count). The molecule has 0 saturated carbocycles. The van der Waals surface area contributed by atoms with Crippen LogP contribution in [-0.4, -0.2) is 6.04 Å². The second-order valence-electron chi connectivity index (χ2n) is 5.53. The fourth-order valence-corrected chi connectivity index (χ4v) is 3.40.